The first-order valence-electron chi connectivity index (χ1n) is 6.70. The van der Waals surface area contributed by atoms with Crippen molar-refractivity contribution in [1.82, 2.24) is 0 Å². The van der Waals surface area contributed by atoms with E-state index in [9.17, 15) is 5.11 Å². The first kappa shape index (κ1) is 10.6. The Hall–Kier alpha value is -0.560. The van der Waals surface area contributed by atoms with Crippen LogP contribution < -0.4 is 0 Å². The summed E-state index contributed by atoms with van der Waals surface area (Å²) in [6.07, 6.45) is 11.1. The molecule has 2 fully saturated rings. The van der Waals surface area contributed by atoms with Gasteiger partial charge in [0.15, 0.2) is 0 Å². The predicted octanol–water partition coefficient (Wildman–Crippen LogP) is 3.16. The van der Waals surface area contributed by atoms with E-state index in [1.54, 1.807) is 0 Å². The van der Waals surface area contributed by atoms with Gasteiger partial charge in [0, 0.05) is 0 Å². The van der Waals surface area contributed by atoms with Crippen LogP contribution in [0.25, 0.3) is 0 Å². The molecule has 16 heavy (non-hydrogen) atoms. The molecule has 0 aromatic rings. The lowest BCUT2D eigenvalue weighted by Gasteiger charge is -2.30. The number of hydrogen-bond acceptors (Lipinski definition) is 1. The molecule has 1 heteroatoms. The molecule has 0 saturated heterocycles. The molecule has 6 atom stereocenters. The van der Waals surface area contributed by atoms with Crippen molar-refractivity contribution < 1.29 is 5.11 Å². The molecule has 0 spiro atoms. The van der Waals surface area contributed by atoms with E-state index in [2.05, 4.69) is 25.2 Å². The van der Waals surface area contributed by atoms with Gasteiger partial charge in [-0.25, -0.2) is 0 Å². The molecule has 2 bridgehead atoms. The molecule has 0 amide bonds. The Labute approximate surface area is 98.2 Å². The van der Waals surface area contributed by atoms with Crippen LogP contribution in [0.1, 0.15) is 33.1 Å². The Morgan fingerprint density at radius 2 is 2.19 bits per heavy atom. The number of aliphatic hydroxyl groups excluding tert-OH is 1. The second-order valence-electron chi connectivity index (χ2n) is 6.05. The minimum absolute atomic E-state index is 0.267. The summed E-state index contributed by atoms with van der Waals surface area (Å²) in [4.78, 5) is 0. The maximum absolute atomic E-state index is 9.56. The third-order valence-electron chi connectivity index (χ3n) is 5.19. The van der Waals surface area contributed by atoms with E-state index in [1.165, 1.54) is 24.8 Å². The standard InChI is InChI=1S/C15H22O/c1-9(10(2)16)6-11-7-12-8-15(11)14-5-3-4-13(12)14/h3-4,6,10-16H,5,7-8H2,1-2H3/b9-6+. The Balaban J connectivity index is 1.76. The van der Waals surface area contributed by atoms with Crippen molar-refractivity contribution in [2.24, 2.45) is 29.6 Å². The van der Waals surface area contributed by atoms with Gasteiger partial charge in [0.1, 0.15) is 0 Å². The summed E-state index contributed by atoms with van der Waals surface area (Å²) in [6.45, 7) is 3.94. The predicted molar refractivity (Wildman–Crippen MR) is 65.9 cm³/mol. The second-order valence-corrected chi connectivity index (χ2v) is 6.05. The SMILES string of the molecule is C/C(=C\C1CC2CC1C1CC=CC21)C(C)O. The van der Waals surface area contributed by atoms with Crippen molar-refractivity contribution in [1.29, 1.82) is 0 Å². The third kappa shape index (κ3) is 1.48. The fourth-order valence-electron chi connectivity index (χ4n) is 4.28. The van der Waals surface area contributed by atoms with Gasteiger partial charge in [-0.1, -0.05) is 18.2 Å². The van der Waals surface area contributed by atoms with Crippen LogP contribution in [0.5, 0.6) is 0 Å². The molecule has 0 aliphatic heterocycles. The smallest absolute Gasteiger partial charge is 0.0719 e. The van der Waals surface area contributed by atoms with Crippen molar-refractivity contribution in [3.8, 4) is 0 Å². The number of fused-ring (bicyclic) bond motifs is 5. The van der Waals surface area contributed by atoms with E-state index >= 15 is 0 Å². The van der Waals surface area contributed by atoms with Crippen LogP contribution in [-0.4, -0.2) is 11.2 Å². The molecule has 88 valence electrons. The molecule has 0 heterocycles. The number of hydrogen-bond donors (Lipinski definition) is 1. The topological polar surface area (TPSA) is 20.2 Å². The summed E-state index contributed by atoms with van der Waals surface area (Å²) in [5.74, 6) is 4.43. The van der Waals surface area contributed by atoms with Crippen LogP contribution in [0.15, 0.2) is 23.8 Å². The van der Waals surface area contributed by atoms with Gasteiger partial charge in [-0.05, 0) is 68.3 Å². The van der Waals surface area contributed by atoms with Crippen molar-refractivity contribution in [2.45, 2.75) is 39.2 Å². The Bertz CT molecular complexity index is 339. The van der Waals surface area contributed by atoms with Gasteiger partial charge in [-0.15, -0.1) is 0 Å². The summed E-state index contributed by atoms with van der Waals surface area (Å²) in [7, 11) is 0. The van der Waals surface area contributed by atoms with Crippen LogP contribution in [0.2, 0.25) is 0 Å². The monoisotopic (exact) mass is 218 g/mol. The van der Waals surface area contributed by atoms with Gasteiger partial charge in [-0.2, -0.15) is 0 Å². The highest BCUT2D eigenvalue weighted by atomic mass is 16.3. The average Bonchev–Trinajstić information content (AvgIpc) is 2.87. The Kier molecular flexibility index (Phi) is 2.47. The zero-order chi connectivity index (χ0) is 11.3. The first-order valence-corrected chi connectivity index (χ1v) is 6.70. The van der Waals surface area contributed by atoms with Gasteiger partial charge in [0.05, 0.1) is 6.10 Å². The van der Waals surface area contributed by atoms with Gasteiger partial charge < -0.3 is 5.11 Å². The van der Waals surface area contributed by atoms with E-state index in [-0.39, 0.29) is 6.10 Å². The normalized spacial score (nSPS) is 47.4. The lowest BCUT2D eigenvalue weighted by molar-refractivity contribution is 0.219. The molecule has 0 aromatic carbocycles. The second kappa shape index (κ2) is 3.73. The largest absolute Gasteiger partial charge is 0.389 e. The molecule has 3 aliphatic carbocycles. The number of aliphatic hydroxyl groups is 1. The highest BCUT2D eigenvalue weighted by Gasteiger charge is 2.51. The fraction of sp³-hybridized carbons (Fsp3) is 0.733. The Morgan fingerprint density at radius 1 is 1.38 bits per heavy atom. The van der Waals surface area contributed by atoms with Gasteiger partial charge in [0.25, 0.3) is 0 Å². The van der Waals surface area contributed by atoms with E-state index in [4.69, 9.17) is 0 Å². The molecule has 3 rings (SSSR count). The average molecular weight is 218 g/mol. The van der Waals surface area contributed by atoms with Gasteiger partial charge in [-0.3, -0.25) is 0 Å². The molecular formula is C15H22O. The zero-order valence-corrected chi connectivity index (χ0v) is 10.3. The molecular weight excluding hydrogens is 196 g/mol. The van der Waals surface area contributed by atoms with Crippen LogP contribution in [0, 0.1) is 29.6 Å². The summed E-state index contributed by atoms with van der Waals surface area (Å²) in [5.41, 5.74) is 1.17. The molecule has 1 nitrogen and oxygen atoms in total. The molecule has 1 N–H and O–H groups in total. The quantitative estimate of drug-likeness (QED) is 0.706. The van der Waals surface area contributed by atoms with Crippen molar-refractivity contribution in [3.05, 3.63) is 23.8 Å². The molecule has 6 unspecified atom stereocenters. The fourth-order valence-corrected chi connectivity index (χ4v) is 4.28. The summed E-state index contributed by atoms with van der Waals surface area (Å²) >= 11 is 0. The van der Waals surface area contributed by atoms with E-state index in [0.717, 1.165) is 29.6 Å². The number of rotatable bonds is 2. The first-order chi connectivity index (χ1) is 7.66. The van der Waals surface area contributed by atoms with Crippen molar-refractivity contribution >= 4 is 0 Å². The van der Waals surface area contributed by atoms with Crippen LogP contribution in [0.4, 0.5) is 0 Å². The van der Waals surface area contributed by atoms with E-state index in [1.807, 2.05) is 6.92 Å². The van der Waals surface area contributed by atoms with Crippen LogP contribution in [-0.2, 0) is 0 Å². The summed E-state index contributed by atoms with van der Waals surface area (Å²) in [5, 5.41) is 9.56. The van der Waals surface area contributed by atoms with Crippen LogP contribution >= 0.6 is 0 Å². The highest BCUT2D eigenvalue weighted by Crippen LogP contribution is 2.59. The summed E-state index contributed by atoms with van der Waals surface area (Å²) < 4.78 is 0. The van der Waals surface area contributed by atoms with Gasteiger partial charge >= 0.3 is 0 Å². The zero-order valence-electron chi connectivity index (χ0n) is 10.3. The Morgan fingerprint density at radius 3 is 2.94 bits per heavy atom. The number of allylic oxidation sites excluding steroid dienone is 3. The maximum Gasteiger partial charge on any atom is 0.0719 e. The molecule has 0 radical (unpaired) electrons. The minimum Gasteiger partial charge on any atom is -0.389 e. The lowest BCUT2D eigenvalue weighted by Crippen LogP contribution is -2.24. The minimum atomic E-state index is -0.267. The van der Waals surface area contributed by atoms with Crippen molar-refractivity contribution in [3.63, 3.8) is 0 Å². The van der Waals surface area contributed by atoms with E-state index in [0.29, 0.717) is 0 Å². The van der Waals surface area contributed by atoms with Crippen molar-refractivity contribution in [2.75, 3.05) is 0 Å². The molecule has 2 saturated carbocycles. The molecule has 3 aliphatic rings. The van der Waals surface area contributed by atoms with E-state index < -0.39 is 0 Å². The summed E-state index contributed by atoms with van der Waals surface area (Å²) in [6, 6.07) is 0. The third-order valence-corrected chi connectivity index (χ3v) is 5.19. The van der Waals surface area contributed by atoms with Gasteiger partial charge in [0.2, 0.25) is 0 Å². The lowest BCUT2D eigenvalue weighted by atomic mass is 9.75. The molecule has 0 aromatic heterocycles. The maximum atomic E-state index is 9.56. The van der Waals surface area contributed by atoms with Crippen LogP contribution in [0.3, 0.4) is 0 Å². The highest BCUT2D eigenvalue weighted by molar-refractivity contribution is 5.18.